The van der Waals surface area contributed by atoms with Gasteiger partial charge in [0.05, 0.1) is 34.5 Å². The number of hydrogen-bond acceptors (Lipinski definition) is 8. The van der Waals surface area contributed by atoms with Crippen molar-refractivity contribution in [3.8, 4) is 23.1 Å². The van der Waals surface area contributed by atoms with Gasteiger partial charge in [0.1, 0.15) is 24.3 Å². The first-order valence-corrected chi connectivity index (χ1v) is 9.73. The fourth-order valence-electron chi connectivity index (χ4n) is 3.64. The third-order valence-corrected chi connectivity index (χ3v) is 6.06. The molecule has 4 rings (SSSR count). The van der Waals surface area contributed by atoms with E-state index < -0.39 is 0 Å². The highest BCUT2D eigenvalue weighted by molar-refractivity contribution is 7.17. The number of rotatable bonds is 6. The number of thiazole rings is 1. The molecule has 150 valence electrons. The molecule has 28 heavy (non-hydrogen) atoms. The fraction of sp³-hybridized carbons (Fsp3) is 0.444. The number of morpholine rings is 1. The van der Waals surface area contributed by atoms with Gasteiger partial charge < -0.3 is 29.0 Å². The summed E-state index contributed by atoms with van der Waals surface area (Å²) in [5, 5.41) is 15.0. The van der Waals surface area contributed by atoms with Crippen molar-refractivity contribution in [2.45, 2.75) is 6.04 Å². The molecule has 1 aliphatic rings. The number of aromatic hydroxyl groups is 1. The molecule has 1 atom stereocenters. The molecule has 2 aromatic heterocycles. The number of nitrogens with one attached hydrogen (secondary N) is 1. The SMILES string of the molecule is COc1cc([C@@H](c2sc3ncnn3c2O)[NH+]2CCOCC2)cc(OC)c1OC. The average molecular weight is 407 g/mol. The van der Waals surface area contributed by atoms with Gasteiger partial charge in [0, 0.05) is 5.56 Å². The zero-order chi connectivity index (χ0) is 19.7. The molecule has 1 fully saturated rings. The minimum absolute atomic E-state index is 0.107. The molecule has 0 spiro atoms. The van der Waals surface area contributed by atoms with Gasteiger partial charge in [-0.15, -0.1) is 0 Å². The summed E-state index contributed by atoms with van der Waals surface area (Å²) in [6.07, 6.45) is 1.44. The van der Waals surface area contributed by atoms with Crippen LogP contribution in [0, 0.1) is 0 Å². The second-order valence-corrected chi connectivity index (χ2v) is 7.42. The van der Waals surface area contributed by atoms with Crippen molar-refractivity contribution >= 4 is 16.3 Å². The summed E-state index contributed by atoms with van der Waals surface area (Å²) in [7, 11) is 4.77. The van der Waals surface area contributed by atoms with Gasteiger partial charge in [-0.1, -0.05) is 11.3 Å². The fourth-order valence-corrected chi connectivity index (χ4v) is 4.76. The van der Waals surface area contributed by atoms with E-state index in [1.807, 2.05) is 12.1 Å². The Hall–Kier alpha value is -2.56. The Morgan fingerprint density at radius 1 is 1.14 bits per heavy atom. The summed E-state index contributed by atoms with van der Waals surface area (Å²) in [5.41, 5.74) is 0.950. The molecular weight excluding hydrogens is 384 g/mol. The highest BCUT2D eigenvalue weighted by Gasteiger charge is 2.35. The van der Waals surface area contributed by atoms with Gasteiger partial charge in [0.25, 0.3) is 0 Å². The summed E-state index contributed by atoms with van der Waals surface area (Å²) in [5.74, 6) is 1.80. The standard InChI is InChI=1S/C18H22N4O5S/c1-24-12-8-11(9-13(25-2)15(12)26-3)14(21-4-6-27-7-5-21)16-17(23)22-18(28-16)19-10-20-22/h8-10,14,23H,4-7H2,1-3H3/p+1/t14-/m0/s1. The lowest BCUT2D eigenvalue weighted by Crippen LogP contribution is -3.14. The van der Waals surface area contributed by atoms with E-state index in [2.05, 4.69) is 10.1 Å². The van der Waals surface area contributed by atoms with Crippen molar-refractivity contribution in [1.82, 2.24) is 14.6 Å². The van der Waals surface area contributed by atoms with Gasteiger partial charge in [-0.2, -0.15) is 9.61 Å². The molecule has 3 heterocycles. The first-order chi connectivity index (χ1) is 13.7. The predicted octanol–water partition coefficient (Wildman–Crippen LogP) is 0.527. The number of ether oxygens (including phenoxy) is 4. The van der Waals surface area contributed by atoms with Crippen molar-refractivity contribution in [2.24, 2.45) is 0 Å². The molecule has 9 nitrogen and oxygen atoms in total. The molecule has 0 saturated carbocycles. The van der Waals surface area contributed by atoms with Crippen molar-refractivity contribution in [3.05, 3.63) is 28.9 Å². The lowest BCUT2D eigenvalue weighted by molar-refractivity contribution is -0.932. The molecule has 10 heteroatoms. The molecule has 0 bridgehead atoms. The Morgan fingerprint density at radius 3 is 2.39 bits per heavy atom. The third kappa shape index (κ3) is 3.13. The number of quaternary nitrogens is 1. The monoisotopic (exact) mass is 407 g/mol. The van der Waals surface area contributed by atoms with Gasteiger partial charge >= 0.3 is 0 Å². The smallest absolute Gasteiger partial charge is 0.235 e. The van der Waals surface area contributed by atoms with E-state index in [1.54, 1.807) is 21.3 Å². The average Bonchev–Trinajstić information content (AvgIpc) is 3.31. The first-order valence-electron chi connectivity index (χ1n) is 8.91. The Labute approximate surface area is 166 Å². The number of methoxy groups -OCH3 is 3. The van der Waals surface area contributed by atoms with Crippen LogP contribution in [0.5, 0.6) is 23.1 Å². The van der Waals surface area contributed by atoms with Gasteiger partial charge in [0.15, 0.2) is 17.5 Å². The second kappa shape index (κ2) is 7.82. The van der Waals surface area contributed by atoms with Crippen LogP contribution < -0.4 is 19.1 Å². The molecule has 0 unspecified atom stereocenters. The molecule has 1 aromatic carbocycles. The van der Waals surface area contributed by atoms with Gasteiger partial charge in [-0.25, -0.2) is 4.98 Å². The summed E-state index contributed by atoms with van der Waals surface area (Å²) in [6, 6.07) is 3.72. The number of nitrogens with zero attached hydrogens (tertiary/aromatic N) is 3. The molecule has 0 radical (unpaired) electrons. The van der Waals surface area contributed by atoms with Crippen molar-refractivity contribution in [2.75, 3.05) is 47.6 Å². The molecule has 2 N–H and O–H groups in total. The normalized spacial score (nSPS) is 16.2. The van der Waals surface area contributed by atoms with Crippen molar-refractivity contribution in [3.63, 3.8) is 0 Å². The molecule has 3 aromatic rings. The largest absolute Gasteiger partial charge is 0.493 e. The van der Waals surface area contributed by atoms with Gasteiger partial charge in [-0.05, 0) is 12.1 Å². The van der Waals surface area contributed by atoms with Crippen LogP contribution in [-0.2, 0) is 4.74 Å². The number of hydrogen-bond donors (Lipinski definition) is 2. The van der Waals surface area contributed by atoms with E-state index in [0.717, 1.165) is 23.5 Å². The van der Waals surface area contributed by atoms with Crippen molar-refractivity contribution in [1.29, 1.82) is 0 Å². The topological polar surface area (TPSA) is 91.8 Å². The maximum absolute atomic E-state index is 10.8. The van der Waals surface area contributed by atoms with Crippen LogP contribution in [0.1, 0.15) is 16.5 Å². The van der Waals surface area contributed by atoms with Gasteiger partial charge in [0.2, 0.25) is 16.6 Å². The van der Waals surface area contributed by atoms with E-state index in [9.17, 15) is 5.11 Å². The zero-order valence-electron chi connectivity index (χ0n) is 16.0. The summed E-state index contributed by atoms with van der Waals surface area (Å²) < 4.78 is 23.5. The number of benzene rings is 1. The van der Waals surface area contributed by atoms with E-state index in [0.29, 0.717) is 35.4 Å². The summed E-state index contributed by atoms with van der Waals surface area (Å²) >= 11 is 1.43. The maximum Gasteiger partial charge on any atom is 0.235 e. The maximum atomic E-state index is 10.8. The number of fused-ring (bicyclic) bond motifs is 1. The highest BCUT2D eigenvalue weighted by Crippen LogP contribution is 2.42. The van der Waals surface area contributed by atoms with Crippen LogP contribution >= 0.6 is 11.3 Å². The lowest BCUT2D eigenvalue weighted by atomic mass is 10.0. The molecule has 0 aliphatic carbocycles. The Bertz CT molecular complexity index is 941. The van der Waals surface area contributed by atoms with Gasteiger partial charge in [-0.3, -0.25) is 0 Å². The van der Waals surface area contributed by atoms with E-state index in [-0.39, 0.29) is 11.9 Å². The van der Waals surface area contributed by atoms with E-state index in [4.69, 9.17) is 18.9 Å². The Morgan fingerprint density at radius 2 is 1.82 bits per heavy atom. The van der Waals surface area contributed by atoms with Crippen LogP contribution in [0.3, 0.4) is 0 Å². The third-order valence-electron chi connectivity index (χ3n) is 4.96. The molecule has 1 aliphatic heterocycles. The van der Waals surface area contributed by atoms with Crippen LogP contribution in [0.2, 0.25) is 0 Å². The minimum Gasteiger partial charge on any atom is -0.493 e. The second-order valence-electron chi connectivity index (χ2n) is 6.41. The van der Waals surface area contributed by atoms with Crippen LogP contribution in [-0.4, -0.2) is 67.3 Å². The lowest BCUT2D eigenvalue weighted by Gasteiger charge is -2.31. The van der Waals surface area contributed by atoms with E-state index in [1.165, 1.54) is 27.1 Å². The van der Waals surface area contributed by atoms with Crippen LogP contribution in [0.25, 0.3) is 4.96 Å². The van der Waals surface area contributed by atoms with Crippen LogP contribution in [0.15, 0.2) is 18.5 Å². The Balaban J connectivity index is 1.88. The zero-order valence-corrected chi connectivity index (χ0v) is 16.8. The minimum atomic E-state index is -0.147. The molecular formula is C18H23N4O5S+. The quantitative estimate of drug-likeness (QED) is 0.616. The molecule has 0 amide bonds. The summed E-state index contributed by atoms with van der Waals surface area (Å²) in [6.45, 7) is 2.96. The molecule has 1 saturated heterocycles. The number of aromatic nitrogens is 3. The Kier molecular flexibility index (Phi) is 5.25. The predicted molar refractivity (Wildman–Crippen MR) is 102 cm³/mol. The van der Waals surface area contributed by atoms with Crippen LogP contribution in [0.4, 0.5) is 0 Å². The summed E-state index contributed by atoms with van der Waals surface area (Å²) in [4.78, 5) is 6.95. The van der Waals surface area contributed by atoms with Crippen molar-refractivity contribution < 1.29 is 29.0 Å². The highest BCUT2D eigenvalue weighted by atomic mass is 32.1. The first kappa shape index (κ1) is 18.8. The van der Waals surface area contributed by atoms with E-state index >= 15 is 0 Å².